The molecule has 9 heteroatoms. The fourth-order valence-corrected chi connectivity index (χ4v) is 5.50. The van der Waals surface area contributed by atoms with Crippen molar-refractivity contribution in [3.8, 4) is 0 Å². The number of carbonyl (C=O) groups is 2. The van der Waals surface area contributed by atoms with Gasteiger partial charge in [-0.3, -0.25) is 13.9 Å². The van der Waals surface area contributed by atoms with E-state index in [4.69, 9.17) is 11.6 Å². The van der Waals surface area contributed by atoms with Gasteiger partial charge in [-0.25, -0.2) is 8.42 Å². The minimum Gasteiger partial charge on any atom is -0.352 e. The van der Waals surface area contributed by atoms with Crippen molar-refractivity contribution < 1.29 is 18.0 Å². The van der Waals surface area contributed by atoms with Crippen molar-refractivity contribution >= 4 is 39.1 Å². The van der Waals surface area contributed by atoms with Gasteiger partial charge < -0.3 is 10.2 Å². The standard InChI is InChI=1S/C30H36ClN3O4S/c1-6-23(4)32-30(36)24(5)33(19-25-10-8-7-9-11-25)29(35)20-34(27-15-12-21(2)22(3)18-27)39(37,38)28-16-13-26(31)14-17-28/h7-18,23-24H,6,19-20H2,1-5H3,(H,32,36)/t23-,24-/m1/s1. The Kier molecular flexibility index (Phi) is 10.2. The van der Waals surface area contributed by atoms with Crippen molar-refractivity contribution in [1.29, 1.82) is 0 Å². The molecule has 0 aromatic heterocycles. The largest absolute Gasteiger partial charge is 0.352 e. The second kappa shape index (κ2) is 13.1. The van der Waals surface area contributed by atoms with Gasteiger partial charge in [0.1, 0.15) is 12.6 Å². The highest BCUT2D eigenvalue weighted by molar-refractivity contribution is 7.92. The summed E-state index contributed by atoms with van der Waals surface area (Å²) in [4.78, 5) is 28.5. The van der Waals surface area contributed by atoms with Crippen molar-refractivity contribution in [2.24, 2.45) is 0 Å². The first-order valence-electron chi connectivity index (χ1n) is 12.9. The SMILES string of the molecule is CC[C@@H](C)NC(=O)[C@@H](C)N(Cc1ccccc1)C(=O)CN(c1ccc(C)c(C)c1)S(=O)(=O)c1ccc(Cl)cc1. The number of hydrogen-bond donors (Lipinski definition) is 1. The topological polar surface area (TPSA) is 86.8 Å². The molecule has 2 atom stereocenters. The molecule has 0 aliphatic heterocycles. The molecule has 39 heavy (non-hydrogen) atoms. The number of amides is 2. The Balaban J connectivity index is 2.04. The van der Waals surface area contributed by atoms with Gasteiger partial charge >= 0.3 is 0 Å². The van der Waals surface area contributed by atoms with E-state index in [-0.39, 0.29) is 23.4 Å². The lowest BCUT2D eigenvalue weighted by Crippen LogP contribution is -2.52. The highest BCUT2D eigenvalue weighted by Gasteiger charge is 2.33. The molecule has 3 aromatic carbocycles. The van der Waals surface area contributed by atoms with Crippen LogP contribution in [0.1, 0.15) is 43.9 Å². The molecule has 0 aliphatic carbocycles. The van der Waals surface area contributed by atoms with Gasteiger partial charge in [0.2, 0.25) is 11.8 Å². The number of carbonyl (C=O) groups excluding carboxylic acids is 2. The summed E-state index contributed by atoms with van der Waals surface area (Å²) in [6.07, 6.45) is 0.741. The Morgan fingerprint density at radius 1 is 0.923 bits per heavy atom. The lowest BCUT2D eigenvalue weighted by Gasteiger charge is -2.32. The van der Waals surface area contributed by atoms with E-state index in [1.807, 2.05) is 64.1 Å². The van der Waals surface area contributed by atoms with Crippen LogP contribution >= 0.6 is 11.6 Å². The van der Waals surface area contributed by atoms with Gasteiger partial charge in [-0.15, -0.1) is 0 Å². The Morgan fingerprint density at radius 2 is 1.56 bits per heavy atom. The molecule has 0 bridgehead atoms. The number of rotatable bonds is 11. The summed E-state index contributed by atoms with van der Waals surface area (Å²) in [5.41, 5.74) is 3.07. The van der Waals surface area contributed by atoms with Gasteiger partial charge in [-0.05, 0) is 87.2 Å². The van der Waals surface area contributed by atoms with Crippen molar-refractivity contribution in [3.05, 3.63) is 94.5 Å². The maximum atomic E-state index is 13.9. The second-order valence-corrected chi connectivity index (χ2v) is 12.0. The van der Waals surface area contributed by atoms with Crippen LogP contribution in [0.4, 0.5) is 5.69 Å². The zero-order chi connectivity index (χ0) is 28.7. The Bertz CT molecular complexity index is 1400. The maximum Gasteiger partial charge on any atom is 0.264 e. The molecule has 7 nitrogen and oxygen atoms in total. The smallest absolute Gasteiger partial charge is 0.264 e. The Labute approximate surface area is 236 Å². The Hall–Kier alpha value is -3.36. The van der Waals surface area contributed by atoms with E-state index in [2.05, 4.69) is 5.32 Å². The molecule has 0 spiro atoms. The summed E-state index contributed by atoms with van der Waals surface area (Å²) in [7, 11) is -4.14. The third-order valence-electron chi connectivity index (χ3n) is 6.82. The molecule has 208 valence electrons. The normalized spacial score (nSPS) is 12.9. The summed E-state index contributed by atoms with van der Waals surface area (Å²) in [5.74, 6) is -0.798. The quantitative estimate of drug-likeness (QED) is 0.331. The van der Waals surface area contributed by atoms with Crippen LogP contribution in [0.15, 0.2) is 77.7 Å². The minimum atomic E-state index is -4.14. The minimum absolute atomic E-state index is 0.00935. The molecular weight excluding hydrogens is 534 g/mol. The fourth-order valence-electron chi connectivity index (χ4n) is 3.97. The van der Waals surface area contributed by atoms with Gasteiger partial charge in [0.15, 0.2) is 0 Å². The van der Waals surface area contributed by atoms with E-state index in [9.17, 15) is 18.0 Å². The summed E-state index contributed by atoms with van der Waals surface area (Å²) >= 11 is 6.00. The van der Waals surface area contributed by atoms with E-state index >= 15 is 0 Å². The molecule has 0 radical (unpaired) electrons. The molecule has 0 unspecified atom stereocenters. The van der Waals surface area contributed by atoms with Gasteiger partial charge in [-0.2, -0.15) is 0 Å². The molecule has 0 aliphatic rings. The number of anilines is 1. The van der Waals surface area contributed by atoms with Crippen LogP contribution < -0.4 is 9.62 Å². The zero-order valence-corrected chi connectivity index (χ0v) is 24.6. The van der Waals surface area contributed by atoms with Gasteiger partial charge in [0, 0.05) is 17.6 Å². The lowest BCUT2D eigenvalue weighted by molar-refractivity contribution is -0.139. The van der Waals surface area contributed by atoms with Crippen LogP contribution in [0.25, 0.3) is 0 Å². The summed E-state index contributed by atoms with van der Waals surface area (Å²) in [6, 6.07) is 19.5. The summed E-state index contributed by atoms with van der Waals surface area (Å²) < 4.78 is 28.9. The molecule has 0 saturated carbocycles. The lowest BCUT2D eigenvalue weighted by atomic mass is 10.1. The van der Waals surface area contributed by atoms with Crippen LogP contribution in [-0.2, 0) is 26.2 Å². The number of nitrogens with zero attached hydrogens (tertiary/aromatic N) is 2. The van der Waals surface area contributed by atoms with Gasteiger partial charge in [0.05, 0.1) is 10.6 Å². The maximum absolute atomic E-state index is 13.9. The fraction of sp³-hybridized carbons (Fsp3) is 0.333. The van der Waals surface area contributed by atoms with Crippen LogP contribution in [0, 0.1) is 13.8 Å². The first kappa shape index (κ1) is 30.2. The van der Waals surface area contributed by atoms with E-state index < -0.39 is 28.5 Å². The summed E-state index contributed by atoms with van der Waals surface area (Å²) in [6.45, 7) is 9.00. The molecule has 0 saturated heterocycles. The second-order valence-electron chi connectivity index (χ2n) is 9.74. The third-order valence-corrected chi connectivity index (χ3v) is 8.86. The van der Waals surface area contributed by atoms with Crippen molar-refractivity contribution in [1.82, 2.24) is 10.2 Å². The number of sulfonamides is 1. The number of nitrogens with one attached hydrogen (secondary N) is 1. The number of aryl methyl sites for hydroxylation is 2. The van der Waals surface area contributed by atoms with Crippen molar-refractivity contribution in [2.45, 2.75) is 64.6 Å². The van der Waals surface area contributed by atoms with Crippen LogP contribution in [0.3, 0.4) is 0 Å². The van der Waals surface area contributed by atoms with E-state index in [0.717, 1.165) is 27.4 Å². The first-order valence-corrected chi connectivity index (χ1v) is 14.7. The van der Waals surface area contributed by atoms with E-state index in [1.54, 1.807) is 19.1 Å². The van der Waals surface area contributed by atoms with E-state index in [0.29, 0.717) is 10.7 Å². The average molecular weight is 570 g/mol. The Morgan fingerprint density at radius 3 is 2.15 bits per heavy atom. The number of benzene rings is 3. The predicted molar refractivity (Wildman–Crippen MR) is 156 cm³/mol. The highest BCUT2D eigenvalue weighted by atomic mass is 35.5. The van der Waals surface area contributed by atoms with Crippen LogP contribution in [0.5, 0.6) is 0 Å². The highest BCUT2D eigenvalue weighted by Crippen LogP contribution is 2.27. The monoisotopic (exact) mass is 569 g/mol. The third kappa shape index (κ3) is 7.61. The predicted octanol–water partition coefficient (Wildman–Crippen LogP) is 5.48. The van der Waals surface area contributed by atoms with Crippen LogP contribution in [0.2, 0.25) is 5.02 Å². The van der Waals surface area contributed by atoms with Gasteiger partial charge in [-0.1, -0.05) is 54.9 Å². The molecule has 0 fully saturated rings. The van der Waals surface area contributed by atoms with Crippen molar-refractivity contribution in [2.75, 3.05) is 10.8 Å². The van der Waals surface area contributed by atoms with E-state index in [1.165, 1.54) is 29.2 Å². The molecule has 3 rings (SSSR count). The summed E-state index contributed by atoms with van der Waals surface area (Å²) in [5, 5.41) is 3.33. The van der Waals surface area contributed by atoms with Crippen LogP contribution in [-0.4, -0.2) is 43.8 Å². The molecular formula is C30H36ClN3O4S. The number of hydrogen-bond acceptors (Lipinski definition) is 4. The zero-order valence-electron chi connectivity index (χ0n) is 23.0. The molecule has 2 amide bonds. The first-order chi connectivity index (χ1) is 18.4. The molecule has 1 N–H and O–H groups in total. The number of halogens is 1. The van der Waals surface area contributed by atoms with Crippen molar-refractivity contribution in [3.63, 3.8) is 0 Å². The molecule has 3 aromatic rings. The van der Waals surface area contributed by atoms with Gasteiger partial charge in [0.25, 0.3) is 10.0 Å². The molecule has 0 heterocycles. The average Bonchev–Trinajstić information content (AvgIpc) is 2.92.